The molecule has 2 rings (SSSR count). The molecule has 1 aromatic heterocycles. The fourth-order valence-electron chi connectivity index (χ4n) is 1.68. The summed E-state index contributed by atoms with van der Waals surface area (Å²) in [5, 5.41) is 3.96. The third kappa shape index (κ3) is 2.38. The van der Waals surface area contributed by atoms with Crippen LogP contribution in [0.15, 0.2) is 36.9 Å². The van der Waals surface area contributed by atoms with E-state index >= 15 is 0 Å². The van der Waals surface area contributed by atoms with Crippen molar-refractivity contribution >= 4 is 5.78 Å². The normalized spacial score (nSPS) is 12.4. The summed E-state index contributed by atoms with van der Waals surface area (Å²) in [5.41, 5.74) is 0.480. The molecule has 0 aliphatic rings. The molecule has 4 nitrogen and oxygen atoms in total. The Morgan fingerprint density at radius 1 is 1.41 bits per heavy atom. The predicted molar refractivity (Wildman–Crippen MR) is 60.1 cm³/mol. The molecule has 0 aliphatic heterocycles. The first-order valence-corrected chi connectivity index (χ1v) is 5.36. The average Bonchev–Trinajstić information content (AvgIpc) is 2.84. The maximum Gasteiger partial charge on any atom is 0.187 e. The molecule has 0 radical (unpaired) electrons. The van der Waals surface area contributed by atoms with E-state index in [0.717, 1.165) is 0 Å². The van der Waals surface area contributed by atoms with Gasteiger partial charge in [-0.3, -0.25) is 4.79 Å². The number of carbonyl (C=O) groups is 1. The van der Waals surface area contributed by atoms with Crippen LogP contribution in [0.5, 0.6) is 0 Å². The Kier molecular flexibility index (Phi) is 3.27. The Morgan fingerprint density at radius 2 is 2.12 bits per heavy atom. The molecule has 0 aliphatic carbocycles. The number of ketones is 1. The number of hydrogen-bond acceptors (Lipinski definition) is 3. The molecule has 0 saturated heterocycles. The largest absolute Gasteiger partial charge is 0.292 e. The molecule has 88 valence electrons. The summed E-state index contributed by atoms with van der Waals surface area (Å²) in [6.07, 6.45) is 3.51. The van der Waals surface area contributed by atoms with Gasteiger partial charge in [-0.1, -0.05) is 6.92 Å². The maximum atomic E-state index is 12.8. The average molecular weight is 233 g/mol. The van der Waals surface area contributed by atoms with E-state index in [2.05, 4.69) is 10.1 Å². The second kappa shape index (κ2) is 4.86. The molecule has 1 unspecified atom stereocenters. The Bertz CT molecular complexity index is 493. The molecule has 17 heavy (non-hydrogen) atoms. The Labute approximate surface area is 98.1 Å². The van der Waals surface area contributed by atoms with Crippen LogP contribution in [0.3, 0.4) is 0 Å². The topological polar surface area (TPSA) is 47.8 Å². The molecule has 1 aromatic carbocycles. The van der Waals surface area contributed by atoms with Crippen LogP contribution >= 0.6 is 0 Å². The summed E-state index contributed by atoms with van der Waals surface area (Å²) in [6, 6.07) is 5.14. The van der Waals surface area contributed by atoms with Crippen LogP contribution in [0.25, 0.3) is 0 Å². The fourth-order valence-corrected chi connectivity index (χ4v) is 1.68. The van der Waals surface area contributed by atoms with E-state index in [-0.39, 0.29) is 17.6 Å². The van der Waals surface area contributed by atoms with E-state index in [0.29, 0.717) is 12.0 Å². The smallest absolute Gasteiger partial charge is 0.187 e. The molecule has 5 heteroatoms. The monoisotopic (exact) mass is 233 g/mol. The summed E-state index contributed by atoms with van der Waals surface area (Å²) >= 11 is 0. The number of aromatic nitrogens is 3. The van der Waals surface area contributed by atoms with Crippen molar-refractivity contribution in [2.24, 2.45) is 0 Å². The molecule has 0 saturated carbocycles. The SMILES string of the molecule is CCC(C(=O)c1ccc(F)cc1)n1cncn1. The number of rotatable bonds is 4. The number of nitrogens with zero attached hydrogens (tertiary/aromatic N) is 3. The van der Waals surface area contributed by atoms with Crippen molar-refractivity contribution in [3.8, 4) is 0 Å². The van der Waals surface area contributed by atoms with Gasteiger partial charge in [0.1, 0.15) is 24.5 Å². The van der Waals surface area contributed by atoms with E-state index in [9.17, 15) is 9.18 Å². The second-order valence-electron chi connectivity index (χ2n) is 3.67. The van der Waals surface area contributed by atoms with Gasteiger partial charge in [0, 0.05) is 5.56 Å². The molecule has 2 aromatic rings. The van der Waals surface area contributed by atoms with Crippen LogP contribution in [-0.4, -0.2) is 20.5 Å². The number of carbonyl (C=O) groups excluding carboxylic acids is 1. The highest BCUT2D eigenvalue weighted by Gasteiger charge is 2.20. The summed E-state index contributed by atoms with van der Waals surface area (Å²) in [5.74, 6) is -0.437. The summed E-state index contributed by atoms with van der Waals surface area (Å²) in [7, 11) is 0. The van der Waals surface area contributed by atoms with Gasteiger partial charge in [-0.2, -0.15) is 5.10 Å². The van der Waals surface area contributed by atoms with Gasteiger partial charge in [0.05, 0.1) is 0 Å². The van der Waals surface area contributed by atoms with Gasteiger partial charge in [-0.15, -0.1) is 0 Å². The Balaban J connectivity index is 2.26. The lowest BCUT2D eigenvalue weighted by Gasteiger charge is -2.13. The highest BCUT2D eigenvalue weighted by atomic mass is 19.1. The quantitative estimate of drug-likeness (QED) is 0.761. The fraction of sp³-hybridized carbons (Fsp3) is 0.250. The van der Waals surface area contributed by atoms with E-state index < -0.39 is 0 Å². The molecule has 0 N–H and O–H groups in total. The second-order valence-corrected chi connectivity index (χ2v) is 3.67. The van der Waals surface area contributed by atoms with Gasteiger partial charge in [0.25, 0.3) is 0 Å². The number of benzene rings is 1. The first kappa shape index (κ1) is 11.4. The highest BCUT2D eigenvalue weighted by molar-refractivity contribution is 5.98. The molecular weight excluding hydrogens is 221 g/mol. The van der Waals surface area contributed by atoms with Crippen molar-refractivity contribution in [3.63, 3.8) is 0 Å². The van der Waals surface area contributed by atoms with Crippen LogP contribution in [0.2, 0.25) is 0 Å². The highest BCUT2D eigenvalue weighted by Crippen LogP contribution is 2.16. The maximum absolute atomic E-state index is 12.8. The molecule has 0 bridgehead atoms. The van der Waals surface area contributed by atoms with Gasteiger partial charge < -0.3 is 0 Å². The third-order valence-electron chi connectivity index (χ3n) is 2.57. The minimum atomic E-state index is -0.386. The van der Waals surface area contributed by atoms with Gasteiger partial charge in [-0.25, -0.2) is 14.1 Å². The van der Waals surface area contributed by atoms with E-state index in [1.807, 2.05) is 6.92 Å². The molecule has 0 spiro atoms. The zero-order valence-corrected chi connectivity index (χ0v) is 9.38. The first-order valence-electron chi connectivity index (χ1n) is 5.36. The lowest BCUT2D eigenvalue weighted by atomic mass is 10.0. The Morgan fingerprint density at radius 3 is 2.65 bits per heavy atom. The van der Waals surface area contributed by atoms with Gasteiger partial charge in [0.2, 0.25) is 0 Å². The first-order chi connectivity index (χ1) is 8.22. The van der Waals surface area contributed by atoms with Gasteiger partial charge in [-0.05, 0) is 30.7 Å². The number of hydrogen-bond donors (Lipinski definition) is 0. The zero-order chi connectivity index (χ0) is 12.3. The van der Waals surface area contributed by atoms with Gasteiger partial charge >= 0.3 is 0 Å². The standard InChI is InChI=1S/C12H12FN3O/c1-2-11(16-8-14-7-15-16)12(17)9-3-5-10(13)6-4-9/h3-8,11H,2H2,1H3. The summed E-state index contributed by atoms with van der Waals surface area (Å²) in [6.45, 7) is 1.90. The van der Waals surface area contributed by atoms with Crippen molar-refractivity contribution in [3.05, 3.63) is 48.3 Å². The van der Waals surface area contributed by atoms with E-state index in [1.54, 1.807) is 0 Å². The zero-order valence-electron chi connectivity index (χ0n) is 9.38. The van der Waals surface area contributed by atoms with Crippen LogP contribution in [0, 0.1) is 5.82 Å². The van der Waals surface area contributed by atoms with Crippen molar-refractivity contribution in [2.75, 3.05) is 0 Å². The molecule has 1 atom stereocenters. The van der Waals surface area contributed by atoms with Crippen molar-refractivity contribution in [2.45, 2.75) is 19.4 Å². The van der Waals surface area contributed by atoms with Crippen molar-refractivity contribution in [1.29, 1.82) is 0 Å². The molecule has 0 amide bonds. The lowest BCUT2D eigenvalue weighted by molar-refractivity contribution is 0.0914. The van der Waals surface area contributed by atoms with Crippen LogP contribution in [-0.2, 0) is 0 Å². The lowest BCUT2D eigenvalue weighted by Crippen LogP contribution is -2.19. The van der Waals surface area contributed by atoms with E-state index in [1.165, 1.54) is 41.6 Å². The Hall–Kier alpha value is -2.04. The van der Waals surface area contributed by atoms with E-state index in [4.69, 9.17) is 0 Å². The summed E-state index contributed by atoms with van der Waals surface area (Å²) < 4.78 is 14.3. The van der Waals surface area contributed by atoms with Crippen LogP contribution < -0.4 is 0 Å². The third-order valence-corrected chi connectivity index (χ3v) is 2.57. The van der Waals surface area contributed by atoms with Crippen LogP contribution in [0.4, 0.5) is 4.39 Å². The minimum absolute atomic E-state index is 0.0852. The van der Waals surface area contributed by atoms with Crippen molar-refractivity contribution < 1.29 is 9.18 Å². The molecule has 1 heterocycles. The van der Waals surface area contributed by atoms with Crippen LogP contribution in [0.1, 0.15) is 29.7 Å². The minimum Gasteiger partial charge on any atom is -0.292 e. The predicted octanol–water partition coefficient (Wildman–Crippen LogP) is 2.25. The van der Waals surface area contributed by atoms with Gasteiger partial charge in [0.15, 0.2) is 5.78 Å². The molecular formula is C12H12FN3O. The number of halogens is 1. The van der Waals surface area contributed by atoms with Crippen molar-refractivity contribution in [1.82, 2.24) is 14.8 Å². The molecule has 0 fully saturated rings. The summed E-state index contributed by atoms with van der Waals surface area (Å²) in [4.78, 5) is 16.0. The number of Topliss-reactive ketones (excluding diaryl/α,β-unsaturated/α-hetero) is 1.